The van der Waals surface area contributed by atoms with E-state index in [0.29, 0.717) is 24.1 Å². The Balaban J connectivity index is 2.11. The maximum Gasteiger partial charge on any atom is 0.409 e. The molecule has 232 valence electrons. The molecule has 0 aliphatic carbocycles. The number of carbonyl (C=O) groups is 2. The van der Waals surface area contributed by atoms with Crippen molar-refractivity contribution in [2.24, 2.45) is 0 Å². The van der Waals surface area contributed by atoms with Gasteiger partial charge in [-0.3, -0.25) is 13.8 Å². The first-order valence-corrected chi connectivity index (χ1v) is 15.3. The molecule has 14 nitrogen and oxygen atoms in total. The highest BCUT2D eigenvalue weighted by Gasteiger charge is 2.45. The number of fused-ring (bicyclic) bond motifs is 1. The van der Waals surface area contributed by atoms with E-state index >= 15 is 0 Å². The minimum Gasteiger partial charge on any atom is -0.464 e. The number of aromatic nitrogens is 4. The first kappa shape index (κ1) is 34.6. The number of nitrogen functional groups attached to an aromatic ring is 1. The molecule has 15 heteroatoms. The van der Waals surface area contributed by atoms with E-state index in [1.54, 1.807) is 31.7 Å². The maximum absolute atomic E-state index is 14.0. The normalized spacial score (nSPS) is 14.7. The number of nitrogens with one attached hydrogen (secondary N) is 1. The summed E-state index contributed by atoms with van der Waals surface area (Å²) in [5.41, 5.74) is 3.67. The third-order valence-electron chi connectivity index (χ3n) is 5.80. The van der Waals surface area contributed by atoms with Gasteiger partial charge >= 0.3 is 19.7 Å². The summed E-state index contributed by atoms with van der Waals surface area (Å²) in [6, 6.07) is 0. The number of carbonyl (C=O) groups excluding carboxylic acids is 2. The fraction of sp³-hybridized carbons (Fsp3) is 0.731. The Morgan fingerprint density at radius 1 is 1.07 bits per heavy atom. The van der Waals surface area contributed by atoms with E-state index in [9.17, 15) is 14.2 Å². The van der Waals surface area contributed by atoms with Crippen molar-refractivity contribution in [3.05, 3.63) is 12.7 Å². The number of nitrogens with two attached hydrogens (primary N) is 1. The molecule has 2 atom stereocenters. The summed E-state index contributed by atoms with van der Waals surface area (Å²) in [5.74, 6) is -1.14. The first-order valence-electron chi connectivity index (χ1n) is 13.8. The van der Waals surface area contributed by atoms with E-state index in [0.717, 1.165) is 19.3 Å². The van der Waals surface area contributed by atoms with Crippen molar-refractivity contribution >= 4 is 36.7 Å². The molecular formula is C26H45N6O8P. The molecule has 0 bridgehead atoms. The number of imidazole rings is 1. The van der Waals surface area contributed by atoms with E-state index in [4.69, 9.17) is 29.0 Å². The van der Waals surface area contributed by atoms with Gasteiger partial charge in [-0.25, -0.2) is 29.4 Å². The Morgan fingerprint density at radius 2 is 1.78 bits per heavy atom. The summed E-state index contributed by atoms with van der Waals surface area (Å²) < 4.78 is 43.4. The van der Waals surface area contributed by atoms with Gasteiger partial charge in [0, 0.05) is 0 Å². The minimum absolute atomic E-state index is 0.224. The van der Waals surface area contributed by atoms with Crippen molar-refractivity contribution in [3.63, 3.8) is 0 Å². The van der Waals surface area contributed by atoms with Crippen molar-refractivity contribution in [1.82, 2.24) is 24.6 Å². The number of hydrogen-bond donors (Lipinski definition) is 2. The summed E-state index contributed by atoms with van der Waals surface area (Å²) in [4.78, 5) is 37.9. The Bertz CT molecular complexity index is 1200. The molecule has 2 rings (SSSR count). The van der Waals surface area contributed by atoms with Gasteiger partial charge in [0.25, 0.3) is 0 Å². The summed E-state index contributed by atoms with van der Waals surface area (Å²) in [7, 11) is -4.37. The second-order valence-corrected chi connectivity index (χ2v) is 12.7. The molecule has 2 aromatic rings. The fourth-order valence-corrected chi connectivity index (χ4v) is 5.43. The van der Waals surface area contributed by atoms with Crippen LogP contribution >= 0.6 is 7.75 Å². The van der Waals surface area contributed by atoms with Gasteiger partial charge in [0.05, 0.1) is 31.7 Å². The molecule has 0 spiro atoms. The van der Waals surface area contributed by atoms with Gasteiger partial charge in [0.2, 0.25) is 0 Å². The molecule has 0 fully saturated rings. The summed E-state index contributed by atoms with van der Waals surface area (Å²) in [6.07, 6.45) is 5.74. The smallest absolute Gasteiger partial charge is 0.409 e. The van der Waals surface area contributed by atoms with Crippen LogP contribution in [0.4, 0.5) is 5.82 Å². The molecule has 0 saturated heterocycles. The van der Waals surface area contributed by atoms with E-state index in [1.807, 2.05) is 0 Å². The van der Waals surface area contributed by atoms with Crippen LogP contribution in [0.25, 0.3) is 11.2 Å². The minimum atomic E-state index is -4.37. The number of nitrogens with zero attached hydrogens (tertiary/aromatic N) is 4. The van der Waals surface area contributed by atoms with Crippen LogP contribution in [0, 0.1) is 0 Å². The number of hydrogen-bond acceptors (Lipinski definition) is 12. The Labute approximate surface area is 241 Å². The predicted molar refractivity (Wildman–Crippen MR) is 153 cm³/mol. The number of rotatable bonds is 18. The van der Waals surface area contributed by atoms with Gasteiger partial charge in [0.1, 0.15) is 17.4 Å². The molecule has 0 radical (unpaired) electrons. The summed E-state index contributed by atoms with van der Waals surface area (Å²) >= 11 is 0. The second-order valence-electron chi connectivity index (χ2n) is 11.0. The van der Waals surface area contributed by atoms with Crippen LogP contribution in [0.15, 0.2) is 12.7 Å². The third kappa shape index (κ3) is 10.6. The average Bonchev–Trinajstić information content (AvgIpc) is 3.26. The highest BCUT2D eigenvalue weighted by molar-refractivity contribution is 7.51. The molecule has 2 aromatic heterocycles. The standard InChI is InChI=1S/C26H45N6O8P/c1-9-10-11-12-13-36-23(33)25(5,6)31-41(35,40-26(7,8)24(34)39-18(2)3)38-17-37-19(4)14-32-16-30-20-21(27)28-15-29-22(20)32/h15-16,18-19H,9-14,17H2,1-8H3,(H,31,35)(H2,27,28,29). The lowest BCUT2D eigenvalue weighted by Gasteiger charge is -2.33. The molecule has 2 heterocycles. The zero-order valence-electron chi connectivity index (χ0n) is 25.3. The fourth-order valence-electron chi connectivity index (χ4n) is 3.62. The van der Waals surface area contributed by atoms with Gasteiger partial charge in [0.15, 0.2) is 23.9 Å². The topological polar surface area (TPSA) is 179 Å². The van der Waals surface area contributed by atoms with Crippen molar-refractivity contribution in [3.8, 4) is 0 Å². The van der Waals surface area contributed by atoms with Gasteiger partial charge in [-0.1, -0.05) is 26.2 Å². The molecule has 0 aliphatic heterocycles. The molecule has 0 saturated carbocycles. The Hall–Kier alpha value is -2.64. The van der Waals surface area contributed by atoms with Crippen molar-refractivity contribution in [2.45, 2.75) is 111 Å². The highest BCUT2D eigenvalue weighted by atomic mass is 31.2. The lowest BCUT2D eigenvalue weighted by molar-refractivity contribution is -0.164. The van der Waals surface area contributed by atoms with Crippen LogP contribution in [0.5, 0.6) is 0 Å². The van der Waals surface area contributed by atoms with Crippen LogP contribution in [0.1, 0.15) is 81.1 Å². The third-order valence-corrected chi connectivity index (χ3v) is 7.77. The van der Waals surface area contributed by atoms with E-state index in [-0.39, 0.29) is 12.4 Å². The van der Waals surface area contributed by atoms with Gasteiger partial charge < -0.3 is 24.5 Å². The largest absolute Gasteiger partial charge is 0.464 e. The van der Waals surface area contributed by atoms with Crippen molar-refractivity contribution in [1.29, 1.82) is 0 Å². The quantitative estimate of drug-likeness (QED) is 0.108. The van der Waals surface area contributed by atoms with Crippen molar-refractivity contribution in [2.75, 3.05) is 19.1 Å². The van der Waals surface area contributed by atoms with Gasteiger partial charge in [-0.05, 0) is 54.9 Å². The Kier molecular flexibility index (Phi) is 12.7. The van der Waals surface area contributed by atoms with Crippen LogP contribution in [-0.4, -0.2) is 68.2 Å². The zero-order chi connectivity index (χ0) is 30.8. The van der Waals surface area contributed by atoms with Crippen LogP contribution < -0.4 is 10.8 Å². The molecule has 0 aromatic carbocycles. The molecule has 2 unspecified atom stereocenters. The maximum atomic E-state index is 14.0. The molecular weight excluding hydrogens is 555 g/mol. The van der Waals surface area contributed by atoms with Gasteiger partial charge in [-0.15, -0.1) is 0 Å². The number of anilines is 1. The van der Waals surface area contributed by atoms with Crippen molar-refractivity contribution < 1.29 is 37.4 Å². The Morgan fingerprint density at radius 3 is 2.44 bits per heavy atom. The van der Waals surface area contributed by atoms with E-state index in [1.165, 1.54) is 34.0 Å². The van der Waals surface area contributed by atoms with Crippen LogP contribution in [0.3, 0.4) is 0 Å². The van der Waals surface area contributed by atoms with E-state index in [2.05, 4.69) is 27.0 Å². The van der Waals surface area contributed by atoms with E-state index < -0.39 is 49.8 Å². The molecule has 41 heavy (non-hydrogen) atoms. The lowest BCUT2D eigenvalue weighted by atomic mass is 10.1. The summed E-state index contributed by atoms with van der Waals surface area (Å²) in [5, 5.41) is 2.64. The van der Waals surface area contributed by atoms with Crippen LogP contribution in [-0.2, 0) is 44.0 Å². The van der Waals surface area contributed by atoms with Crippen LogP contribution in [0.2, 0.25) is 0 Å². The van der Waals surface area contributed by atoms with Gasteiger partial charge in [-0.2, -0.15) is 0 Å². The number of ether oxygens (including phenoxy) is 3. The average molecular weight is 601 g/mol. The number of esters is 2. The molecule has 0 aliphatic rings. The molecule has 0 amide bonds. The number of unbranched alkanes of at least 4 members (excludes halogenated alkanes) is 3. The summed E-state index contributed by atoms with van der Waals surface area (Å²) in [6.45, 7) is 13.0. The predicted octanol–water partition coefficient (Wildman–Crippen LogP) is 4.13. The lowest BCUT2D eigenvalue weighted by Crippen LogP contribution is -2.48. The highest BCUT2D eigenvalue weighted by Crippen LogP contribution is 2.50. The monoisotopic (exact) mass is 600 g/mol. The molecule has 3 N–H and O–H groups in total. The SMILES string of the molecule is CCCCCCOC(=O)C(C)(C)NP(=O)(OCOC(C)Cn1cnc2c(N)ncnc21)OC(C)(C)C(=O)OC(C)C. The first-order chi connectivity index (χ1) is 19.1. The zero-order valence-corrected chi connectivity index (χ0v) is 26.2. The second kappa shape index (κ2) is 15.0.